The zero-order valence-corrected chi connectivity index (χ0v) is 13.4. The summed E-state index contributed by atoms with van der Waals surface area (Å²) in [5, 5.41) is 7.54. The Morgan fingerprint density at radius 1 is 1.35 bits per heavy atom. The van der Waals surface area contributed by atoms with Gasteiger partial charge in [-0.25, -0.2) is 9.07 Å². The van der Waals surface area contributed by atoms with E-state index < -0.39 is 0 Å². The molecule has 3 rings (SSSR count). The highest BCUT2D eigenvalue weighted by molar-refractivity contribution is 5.95. The molecule has 2 heterocycles. The maximum atomic E-state index is 13.1. The molecule has 0 unspecified atom stereocenters. The molecule has 1 aromatic carbocycles. The van der Waals surface area contributed by atoms with E-state index in [1.807, 2.05) is 18.9 Å². The van der Waals surface area contributed by atoms with E-state index in [0.717, 1.165) is 37.3 Å². The van der Waals surface area contributed by atoms with Gasteiger partial charge in [0.25, 0.3) is 5.91 Å². The minimum Gasteiger partial charge on any atom is -0.337 e. The lowest BCUT2D eigenvalue weighted by molar-refractivity contribution is 0.0697. The van der Waals surface area contributed by atoms with E-state index in [-0.39, 0.29) is 11.7 Å². The van der Waals surface area contributed by atoms with Crippen molar-refractivity contribution in [2.75, 3.05) is 20.1 Å². The molecule has 1 aliphatic rings. The van der Waals surface area contributed by atoms with Gasteiger partial charge in [0.05, 0.1) is 23.1 Å². The predicted molar refractivity (Wildman–Crippen MR) is 86.2 cm³/mol. The molecule has 1 aliphatic heterocycles. The number of amides is 1. The lowest BCUT2D eigenvalue weighted by Gasteiger charge is -2.32. The van der Waals surface area contributed by atoms with Crippen molar-refractivity contribution in [3.63, 3.8) is 0 Å². The molecule has 0 bridgehead atoms. The fraction of sp³-hybridized carbons (Fsp3) is 0.412. The molecular weight excluding hydrogens is 295 g/mol. The van der Waals surface area contributed by atoms with Gasteiger partial charge in [-0.1, -0.05) is 0 Å². The van der Waals surface area contributed by atoms with Crippen molar-refractivity contribution in [2.45, 2.75) is 25.8 Å². The molecule has 23 heavy (non-hydrogen) atoms. The smallest absolute Gasteiger partial charge is 0.257 e. The quantitative estimate of drug-likeness (QED) is 0.944. The van der Waals surface area contributed by atoms with Gasteiger partial charge < -0.3 is 10.2 Å². The summed E-state index contributed by atoms with van der Waals surface area (Å²) in [5.41, 5.74) is 2.12. The van der Waals surface area contributed by atoms with E-state index in [1.165, 1.54) is 12.1 Å². The molecule has 1 amide bonds. The number of hydrogen-bond acceptors (Lipinski definition) is 3. The second-order valence-corrected chi connectivity index (χ2v) is 5.91. The number of hydrogen-bond donors (Lipinski definition) is 1. The number of piperidine rings is 1. The normalized spacial score (nSPS) is 18.2. The number of rotatable bonds is 3. The molecule has 0 radical (unpaired) electrons. The first-order valence-corrected chi connectivity index (χ1v) is 7.87. The van der Waals surface area contributed by atoms with Crippen molar-refractivity contribution < 1.29 is 9.18 Å². The van der Waals surface area contributed by atoms with Crippen molar-refractivity contribution in [1.82, 2.24) is 20.0 Å². The van der Waals surface area contributed by atoms with Gasteiger partial charge in [0.1, 0.15) is 5.82 Å². The van der Waals surface area contributed by atoms with Crippen LogP contribution in [0.25, 0.3) is 5.69 Å². The Hall–Kier alpha value is -2.21. The molecule has 6 heteroatoms. The Balaban J connectivity index is 1.83. The predicted octanol–water partition coefficient (Wildman–Crippen LogP) is 2.14. The van der Waals surface area contributed by atoms with Crippen molar-refractivity contribution in [1.29, 1.82) is 0 Å². The molecular formula is C17H21FN4O. The molecule has 5 nitrogen and oxygen atoms in total. The highest BCUT2D eigenvalue weighted by Gasteiger charge is 2.26. The molecule has 2 aromatic rings. The van der Waals surface area contributed by atoms with Crippen molar-refractivity contribution in [3.8, 4) is 5.69 Å². The number of carbonyl (C=O) groups is 1. The maximum absolute atomic E-state index is 13.1. The average molecular weight is 316 g/mol. The summed E-state index contributed by atoms with van der Waals surface area (Å²) in [6.07, 6.45) is 3.69. The number of nitrogens with zero attached hydrogens (tertiary/aromatic N) is 3. The van der Waals surface area contributed by atoms with Crippen LogP contribution in [0.4, 0.5) is 4.39 Å². The van der Waals surface area contributed by atoms with E-state index in [0.29, 0.717) is 11.6 Å². The topological polar surface area (TPSA) is 50.2 Å². The molecule has 1 N–H and O–H groups in total. The standard InChI is InChI=1S/C17H21FN4O/c1-12-16(17(23)21-9-3-4-14(11-21)19-2)10-20-22(12)15-7-5-13(18)6-8-15/h5-8,10,14,19H,3-4,9,11H2,1-2H3/t14-/m1/s1. The summed E-state index contributed by atoms with van der Waals surface area (Å²) in [6.45, 7) is 3.36. The van der Waals surface area contributed by atoms with Gasteiger partial charge in [-0.15, -0.1) is 0 Å². The van der Waals surface area contributed by atoms with Gasteiger partial charge in [-0.2, -0.15) is 5.10 Å². The molecule has 0 saturated carbocycles. The monoisotopic (exact) mass is 316 g/mol. The van der Waals surface area contributed by atoms with Gasteiger partial charge >= 0.3 is 0 Å². The zero-order valence-electron chi connectivity index (χ0n) is 13.4. The third-order valence-corrected chi connectivity index (χ3v) is 4.43. The Morgan fingerprint density at radius 3 is 2.78 bits per heavy atom. The number of benzene rings is 1. The van der Waals surface area contributed by atoms with Crippen LogP contribution >= 0.6 is 0 Å². The molecule has 1 atom stereocenters. The van der Waals surface area contributed by atoms with Gasteiger partial charge in [-0.05, 0) is 51.1 Å². The van der Waals surface area contributed by atoms with Crippen LogP contribution in [-0.2, 0) is 0 Å². The van der Waals surface area contributed by atoms with Crippen LogP contribution in [-0.4, -0.2) is 46.8 Å². The van der Waals surface area contributed by atoms with Crippen LogP contribution < -0.4 is 5.32 Å². The van der Waals surface area contributed by atoms with Gasteiger partial charge in [0, 0.05) is 19.1 Å². The van der Waals surface area contributed by atoms with Gasteiger partial charge in [0.15, 0.2) is 0 Å². The molecule has 122 valence electrons. The van der Waals surface area contributed by atoms with E-state index in [4.69, 9.17) is 0 Å². The van der Waals surface area contributed by atoms with E-state index in [2.05, 4.69) is 10.4 Å². The highest BCUT2D eigenvalue weighted by atomic mass is 19.1. The number of halogens is 1. The van der Waals surface area contributed by atoms with Crippen LogP contribution in [0.1, 0.15) is 28.9 Å². The molecule has 0 aliphatic carbocycles. The fourth-order valence-electron chi connectivity index (χ4n) is 3.03. The number of aromatic nitrogens is 2. The SMILES string of the molecule is CN[C@@H]1CCCN(C(=O)c2cnn(-c3ccc(F)cc3)c2C)C1. The fourth-order valence-corrected chi connectivity index (χ4v) is 3.03. The largest absolute Gasteiger partial charge is 0.337 e. The second kappa shape index (κ2) is 6.50. The first-order chi connectivity index (χ1) is 11.1. The van der Waals surface area contributed by atoms with Crippen LogP contribution in [0.15, 0.2) is 30.5 Å². The lowest BCUT2D eigenvalue weighted by atomic mass is 10.0. The van der Waals surface area contributed by atoms with Crippen molar-refractivity contribution in [2.24, 2.45) is 0 Å². The Labute approximate surface area is 135 Å². The second-order valence-electron chi connectivity index (χ2n) is 5.91. The first kappa shape index (κ1) is 15.7. The van der Waals surface area contributed by atoms with Crippen LogP contribution in [0.3, 0.4) is 0 Å². The van der Waals surface area contributed by atoms with Crippen molar-refractivity contribution in [3.05, 3.63) is 47.5 Å². The van der Waals surface area contributed by atoms with Crippen LogP contribution in [0, 0.1) is 12.7 Å². The van der Waals surface area contributed by atoms with Gasteiger partial charge in [-0.3, -0.25) is 4.79 Å². The number of nitrogens with one attached hydrogen (secondary N) is 1. The minimum absolute atomic E-state index is 0.0100. The zero-order chi connectivity index (χ0) is 16.4. The Bertz CT molecular complexity index is 695. The Kier molecular flexibility index (Phi) is 4.43. The summed E-state index contributed by atoms with van der Waals surface area (Å²) in [4.78, 5) is 14.6. The number of carbonyl (C=O) groups excluding carboxylic acids is 1. The lowest BCUT2D eigenvalue weighted by Crippen LogP contribution is -2.47. The average Bonchev–Trinajstić information content (AvgIpc) is 2.96. The summed E-state index contributed by atoms with van der Waals surface area (Å²) in [5.74, 6) is -0.280. The number of likely N-dealkylation sites (N-methyl/N-ethyl adjacent to an activating group) is 1. The molecule has 0 spiro atoms. The van der Waals surface area contributed by atoms with Gasteiger partial charge in [0.2, 0.25) is 0 Å². The molecule has 1 fully saturated rings. The summed E-state index contributed by atoms with van der Waals surface area (Å²) in [6, 6.07) is 6.43. The summed E-state index contributed by atoms with van der Waals surface area (Å²) >= 11 is 0. The Morgan fingerprint density at radius 2 is 2.09 bits per heavy atom. The minimum atomic E-state index is -0.290. The van der Waals surface area contributed by atoms with Crippen molar-refractivity contribution >= 4 is 5.91 Å². The summed E-state index contributed by atoms with van der Waals surface area (Å²) < 4.78 is 14.7. The molecule has 1 aromatic heterocycles. The molecule has 1 saturated heterocycles. The first-order valence-electron chi connectivity index (χ1n) is 7.87. The van der Waals surface area contributed by atoms with E-state index in [1.54, 1.807) is 23.0 Å². The van der Waals surface area contributed by atoms with Crippen LogP contribution in [0.2, 0.25) is 0 Å². The third-order valence-electron chi connectivity index (χ3n) is 4.43. The number of likely N-dealkylation sites (tertiary alicyclic amines) is 1. The highest BCUT2D eigenvalue weighted by Crippen LogP contribution is 2.19. The third kappa shape index (κ3) is 3.12. The maximum Gasteiger partial charge on any atom is 0.257 e. The van der Waals surface area contributed by atoms with Crippen LogP contribution in [0.5, 0.6) is 0 Å². The van der Waals surface area contributed by atoms with E-state index >= 15 is 0 Å². The summed E-state index contributed by atoms with van der Waals surface area (Å²) in [7, 11) is 1.93. The van der Waals surface area contributed by atoms with E-state index in [9.17, 15) is 9.18 Å².